The summed E-state index contributed by atoms with van der Waals surface area (Å²) < 4.78 is 0. The third-order valence-corrected chi connectivity index (χ3v) is 3.51. The molecule has 8 nitrogen and oxygen atoms in total. The molecule has 0 aliphatic rings. The summed E-state index contributed by atoms with van der Waals surface area (Å²) in [6, 6.07) is 13.1. The van der Waals surface area contributed by atoms with Crippen LogP contribution in [0.25, 0.3) is 0 Å². The first kappa shape index (κ1) is 18.8. The molecule has 134 valence electrons. The average Bonchev–Trinajstić information content (AvgIpc) is 2.62. The third kappa shape index (κ3) is 5.82. The molecule has 0 aromatic heterocycles. The molecule has 0 fully saturated rings. The number of anilines is 1. The zero-order valence-electron chi connectivity index (χ0n) is 14.1. The van der Waals surface area contributed by atoms with Crippen molar-refractivity contribution >= 4 is 29.4 Å². The van der Waals surface area contributed by atoms with Crippen molar-refractivity contribution in [1.29, 1.82) is 0 Å². The number of non-ortho nitro benzene ring substituents is 1. The fourth-order valence-corrected chi connectivity index (χ4v) is 2.07. The van der Waals surface area contributed by atoms with E-state index >= 15 is 0 Å². The summed E-state index contributed by atoms with van der Waals surface area (Å²) in [5.74, 6) is -0.656. The van der Waals surface area contributed by atoms with E-state index in [1.54, 1.807) is 6.07 Å². The lowest BCUT2D eigenvalue weighted by molar-refractivity contribution is -0.384. The van der Waals surface area contributed by atoms with Gasteiger partial charge in [0.25, 0.3) is 5.69 Å². The Labute approximate surface area is 150 Å². The number of para-hydroxylation sites is 1. The SMILES string of the molecule is Cc1ccccc1NC(=O)CCC(=O)N/N=C/c1ccc([N+](=O)[O-])cc1. The van der Waals surface area contributed by atoms with Crippen LogP contribution in [0.2, 0.25) is 0 Å². The number of nitrogens with one attached hydrogen (secondary N) is 2. The van der Waals surface area contributed by atoms with Crippen LogP contribution >= 0.6 is 0 Å². The van der Waals surface area contributed by atoms with Crippen LogP contribution in [0.1, 0.15) is 24.0 Å². The summed E-state index contributed by atoms with van der Waals surface area (Å²) in [5, 5.41) is 17.1. The van der Waals surface area contributed by atoms with E-state index in [0.29, 0.717) is 11.3 Å². The molecule has 0 heterocycles. The van der Waals surface area contributed by atoms with Crippen LogP contribution in [0.4, 0.5) is 11.4 Å². The fraction of sp³-hybridized carbons (Fsp3) is 0.167. The van der Waals surface area contributed by atoms with E-state index < -0.39 is 10.8 Å². The van der Waals surface area contributed by atoms with Crippen molar-refractivity contribution in [3.8, 4) is 0 Å². The molecule has 2 aromatic carbocycles. The second kappa shape index (κ2) is 9.07. The van der Waals surface area contributed by atoms with Crippen molar-refractivity contribution in [2.45, 2.75) is 19.8 Å². The lowest BCUT2D eigenvalue weighted by atomic mass is 10.2. The number of benzene rings is 2. The molecule has 26 heavy (non-hydrogen) atoms. The Bertz CT molecular complexity index is 831. The molecule has 0 atom stereocenters. The summed E-state index contributed by atoms with van der Waals surface area (Å²) >= 11 is 0. The van der Waals surface area contributed by atoms with E-state index in [1.807, 2.05) is 25.1 Å². The van der Waals surface area contributed by atoms with Gasteiger partial charge in [0.15, 0.2) is 0 Å². The molecule has 2 N–H and O–H groups in total. The zero-order valence-corrected chi connectivity index (χ0v) is 14.1. The van der Waals surface area contributed by atoms with Gasteiger partial charge in [-0.15, -0.1) is 0 Å². The molecule has 2 rings (SSSR count). The Balaban J connectivity index is 1.75. The van der Waals surface area contributed by atoms with E-state index in [1.165, 1.54) is 30.5 Å². The summed E-state index contributed by atoms with van der Waals surface area (Å²) in [4.78, 5) is 33.6. The van der Waals surface area contributed by atoms with Gasteiger partial charge in [-0.3, -0.25) is 19.7 Å². The first-order valence-corrected chi connectivity index (χ1v) is 7.87. The number of hydrazone groups is 1. The van der Waals surface area contributed by atoms with Gasteiger partial charge in [0.2, 0.25) is 11.8 Å². The van der Waals surface area contributed by atoms with E-state index in [0.717, 1.165) is 5.56 Å². The van der Waals surface area contributed by atoms with Crippen molar-refractivity contribution in [3.05, 3.63) is 69.8 Å². The molecule has 8 heteroatoms. The molecule has 0 aliphatic carbocycles. The van der Waals surface area contributed by atoms with Gasteiger partial charge < -0.3 is 5.32 Å². The Kier molecular flexibility index (Phi) is 6.55. The average molecular weight is 354 g/mol. The number of hydrogen-bond donors (Lipinski definition) is 2. The molecule has 0 bridgehead atoms. The largest absolute Gasteiger partial charge is 0.326 e. The van der Waals surface area contributed by atoms with Crippen molar-refractivity contribution in [3.63, 3.8) is 0 Å². The maximum atomic E-state index is 11.9. The van der Waals surface area contributed by atoms with E-state index in [4.69, 9.17) is 0 Å². The molecular weight excluding hydrogens is 336 g/mol. The standard InChI is InChI=1S/C18H18N4O4/c1-13-4-2-3-5-16(13)20-17(23)10-11-18(24)21-19-12-14-6-8-15(9-7-14)22(25)26/h2-9,12H,10-11H2,1H3,(H,20,23)(H,21,24)/b19-12+. The summed E-state index contributed by atoms with van der Waals surface area (Å²) in [7, 11) is 0. The zero-order chi connectivity index (χ0) is 18.9. The highest BCUT2D eigenvalue weighted by atomic mass is 16.6. The van der Waals surface area contributed by atoms with Gasteiger partial charge in [0.1, 0.15) is 0 Å². The lowest BCUT2D eigenvalue weighted by Gasteiger charge is -2.07. The van der Waals surface area contributed by atoms with Crippen LogP contribution in [0.3, 0.4) is 0 Å². The Hall–Kier alpha value is -3.55. The minimum atomic E-state index is -0.495. The van der Waals surface area contributed by atoms with Crippen LogP contribution in [0, 0.1) is 17.0 Å². The van der Waals surface area contributed by atoms with Crippen LogP contribution in [-0.4, -0.2) is 23.0 Å². The third-order valence-electron chi connectivity index (χ3n) is 3.51. The number of aryl methyl sites for hydroxylation is 1. The molecule has 2 amide bonds. The predicted molar refractivity (Wildman–Crippen MR) is 97.9 cm³/mol. The van der Waals surface area contributed by atoms with Crippen LogP contribution in [0.5, 0.6) is 0 Å². The van der Waals surface area contributed by atoms with E-state index in [2.05, 4.69) is 15.8 Å². The molecule has 0 saturated carbocycles. The molecule has 0 saturated heterocycles. The summed E-state index contributed by atoms with van der Waals surface area (Å²) in [6.45, 7) is 1.88. The minimum Gasteiger partial charge on any atom is -0.326 e. The monoisotopic (exact) mass is 354 g/mol. The maximum absolute atomic E-state index is 11.9. The first-order valence-electron chi connectivity index (χ1n) is 7.87. The summed E-state index contributed by atoms with van der Waals surface area (Å²) in [6.07, 6.45) is 1.40. The highest BCUT2D eigenvalue weighted by Crippen LogP contribution is 2.13. The Morgan fingerprint density at radius 3 is 2.38 bits per heavy atom. The van der Waals surface area contributed by atoms with Crippen molar-refractivity contribution in [2.75, 3.05) is 5.32 Å². The smallest absolute Gasteiger partial charge is 0.269 e. The van der Waals surface area contributed by atoms with Gasteiger partial charge in [0.05, 0.1) is 11.1 Å². The van der Waals surface area contributed by atoms with E-state index in [-0.39, 0.29) is 24.4 Å². The number of nitrogens with zero attached hydrogens (tertiary/aromatic N) is 2. The highest BCUT2D eigenvalue weighted by Gasteiger charge is 2.08. The number of carbonyl (C=O) groups is 2. The van der Waals surface area contributed by atoms with Gasteiger partial charge in [-0.2, -0.15) is 5.10 Å². The number of hydrogen-bond acceptors (Lipinski definition) is 5. The number of amides is 2. The van der Waals surface area contributed by atoms with Gasteiger partial charge in [-0.1, -0.05) is 18.2 Å². The fourth-order valence-electron chi connectivity index (χ4n) is 2.07. The van der Waals surface area contributed by atoms with Gasteiger partial charge in [-0.25, -0.2) is 5.43 Å². The quantitative estimate of drug-likeness (QED) is 0.452. The molecule has 0 unspecified atom stereocenters. The topological polar surface area (TPSA) is 114 Å². The van der Waals surface area contributed by atoms with Gasteiger partial charge >= 0.3 is 0 Å². The van der Waals surface area contributed by atoms with Crippen LogP contribution < -0.4 is 10.7 Å². The number of rotatable bonds is 7. The second-order valence-electron chi connectivity index (χ2n) is 5.50. The number of carbonyl (C=O) groups excluding carboxylic acids is 2. The lowest BCUT2D eigenvalue weighted by Crippen LogP contribution is -2.20. The normalized spacial score (nSPS) is 10.5. The Morgan fingerprint density at radius 1 is 1.08 bits per heavy atom. The molecule has 2 aromatic rings. The van der Waals surface area contributed by atoms with Crippen molar-refractivity contribution in [2.24, 2.45) is 5.10 Å². The molecule has 0 aliphatic heterocycles. The maximum Gasteiger partial charge on any atom is 0.269 e. The minimum absolute atomic E-state index is 0.00465. The predicted octanol–water partition coefficient (Wildman–Crippen LogP) is 2.77. The molecule has 0 spiro atoms. The van der Waals surface area contributed by atoms with Gasteiger partial charge in [0, 0.05) is 30.7 Å². The van der Waals surface area contributed by atoms with Crippen molar-refractivity contribution in [1.82, 2.24) is 5.43 Å². The first-order chi connectivity index (χ1) is 12.5. The number of nitro benzene ring substituents is 1. The highest BCUT2D eigenvalue weighted by molar-refractivity contribution is 5.94. The Morgan fingerprint density at radius 2 is 1.73 bits per heavy atom. The van der Waals surface area contributed by atoms with Crippen LogP contribution in [0.15, 0.2) is 53.6 Å². The van der Waals surface area contributed by atoms with E-state index in [9.17, 15) is 19.7 Å². The summed E-state index contributed by atoms with van der Waals surface area (Å²) in [5.41, 5.74) is 4.56. The van der Waals surface area contributed by atoms with Crippen molar-refractivity contribution < 1.29 is 14.5 Å². The van der Waals surface area contributed by atoms with Gasteiger partial charge in [-0.05, 0) is 36.2 Å². The molecular formula is C18H18N4O4. The molecule has 0 radical (unpaired) electrons. The second-order valence-corrected chi connectivity index (χ2v) is 5.50. The van der Waals surface area contributed by atoms with Crippen LogP contribution in [-0.2, 0) is 9.59 Å². The number of nitro groups is 1.